The maximum Gasteiger partial charge on any atom is 0.345 e. The highest BCUT2D eigenvalue weighted by molar-refractivity contribution is 4.98. The van der Waals surface area contributed by atoms with E-state index in [0.717, 1.165) is 71.2 Å². The molecule has 4 unspecified atom stereocenters. The lowest BCUT2D eigenvalue weighted by Crippen LogP contribution is -2.70. The molecule has 8 heteroatoms. The molecular formula is C19H34F2N4O2. The lowest BCUT2D eigenvalue weighted by Gasteiger charge is -2.50. The van der Waals surface area contributed by atoms with Gasteiger partial charge in [0.1, 0.15) is 0 Å². The SMILES string of the molecule is FC(F)OC1CCC(C2NNC(NC[C@H]3CCCO3)C3CNCCC32)CC1. The fraction of sp³-hybridized carbons (Fsp3) is 1.00. The van der Waals surface area contributed by atoms with E-state index < -0.39 is 6.61 Å². The van der Waals surface area contributed by atoms with Gasteiger partial charge in [0.15, 0.2) is 0 Å². The Morgan fingerprint density at radius 2 is 1.89 bits per heavy atom. The van der Waals surface area contributed by atoms with E-state index in [1.807, 2.05) is 0 Å². The Hall–Kier alpha value is -0.380. The van der Waals surface area contributed by atoms with Crippen LogP contribution in [-0.2, 0) is 9.47 Å². The summed E-state index contributed by atoms with van der Waals surface area (Å²) in [4.78, 5) is 0. The smallest absolute Gasteiger partial charge is 0.345 e. The molecule has 27 heavy (non-hydrogen) atoms. The molecular weight excluding hydrogens is 354 g/mol. The molecule has 4 rings (SSSR count). The first-order chi connectivity index (χ1) is 13.2. The first-order valence-electron chi connectivity index (χ1n) is 10.7. The van der Waals surface area contributed by atoms with Crippen LogP contribution in [0.25, 0.3) is 0 Å². The molecule has 1 saturated carbocycles. The van der Waals surface area contributed by atoms with Gasteiger partial charge in [-0.3, -0.25) is 10.7 Å². The third-order valence-corrected chi connectivity index (χ3v) is 6.99. The summed E-state index contributed by atoms with van der Waals surface area (Å²) in [6.07, 6.45) is 7.17. The normalized spacial score (nSPS) is 43.0. The van der Waals surface area contributed by atoms with E-state index >= 15 is 0 Å². The number of fused-ring (bicyclic) bond motifs is 1. The van der Waals surface area contributed by atoms with E-state index in [9.17, 15) is 8.78 Å². The Labute approximate surface area is 160 Å². The van der Waals surface area contributed by atoms with E-state index in [1.54, 1.807) is 0 Å². The first-order valence-corrected chi connectivity index (χ1v) is 10.7. The number of hydrazine groups is 1. The highest BCUT2D eigenvalue weighted by Crippen LogP contribution is 2.37. The molecule has 4 fully saturated rings. The molecule has 5 atom stereocenters. The van der Waals surface area contributed by atoms with E-state index in [1.165, 1.54) is 0 Å². The monoisotopic (exact) mass is 388 g/mol. The zero-order chi connectivity index (χ0) is 18.6. The van der Waals surface area contributed by atoms with Crippen molar-refractivity contribution in [2.75, 3.05) is 26.2 Å². The molecule has 0 aromatic heterocycles. The molecule has 4 N–H and O–H groups in total. The lowest BCUT2D eigenvalue weighted by molar-refractivity contribution is -0.172. The Morgan fingerprint density at radius 3 is 2.63 bits per heavy atom. The van der Waals surface area contributed by atoms with E-state index in [4.69, 9.17) is 9.47 Å². The van der Waals surface area contributed by atoms with Crippen molar-refractivity contribution in [1.29, 1.82) is 0 Å². The van der Waals surface area contributed by atoms with Crippen molar-refractivity contribution in [1.82, 2.24) is 21.5 Å². The number of alkyl halides is 2. The molecule has 0 bridgehead atoms. The minimum absolute atomic E-state index is 0.238. The number of ether oxygens (including phenoxy) is 2. The second kappa shape index (κ2) is 9.41. The highest BCUT2D eigenvalue weighted by Gasteiger charge is 2.44. The van der Waals surface area contributed by atoms with Gasteiger partial charge < -0.3 is 14.8 Å². The van der Waals surface area contributed by atoms with Crippen LogP contribution in [0.2, 0.25) is 0 Å². The van der Waals surface area contributed by atoms with Crippen LogP contribution in [-0.4, -0.2) is 57.3 Å². The molecule has 3 saturated heterocycles. The number of hydrogen-bond donors (Lipinski definition) is 4. The maximum atomic E-state index is 12.5. The fourth-order valence-electron chi connectivity index (χ4n) is 5.58. The summed E-state index contributed by atoms with van der Waals surface area (Å²) >= 11 is 0. The van der Waals surface area contributed by atoms with Crippen LogP contribution in [0.5, 0.6) is 0 Å². The van der Waals surface area contributed by atoms with Gasteiger partial charge in [-0.1, -0.05) is 0 Å². The first kappa shape index (κ1) is 19.9. The van der Waals surface area contributed by atoms with Gasteiger partial charge in [-0.2, -0.15) is 8.78 Å². The van der Waals surface area contributed by atoms with Crippen molar-refractivity contribution in [3.8, 4) is 0 Å². The van der Waals surface area contributed by atoms with Crippen LogP contribution >= 0.6 is 0 Å². The summed E-state index contributed by atoms with van der Waals surface area (Å²) < 4.78 is 35.4. The van der Waals surface area contributed by atoms with Crippen molar-refractivity contribution in [2.45, 2.75) is 76.0 Å². The highest BCUT2D eigenvalue weighted by atomic mass is 19.3. The lowest BCUT2D eigenvalue weighted by atomic mass is 9.70. The van der Waals surface area contributed by atoms with Crippen molar-refractivity contribution in [2.24, 2.45) is 17.8 Å². The van der Waals surface area contributed by atoms with Crippen LogP contribution in [0.1, 0.15) is 44.9 Å². The van der Waals surface area contributed by atoms with Gasteiger partial charge in [0, 0.05) is 31.7 Å². The van der Waals surface area contributed by atoms with Gasteiger partial charge in [0.05, 0.1) is 18.4 Å². The second-order valence-corrected chi connectivity index (χ2v) is 8.59. The number of hydrogen-bond acceptors (Lipinski definition) is 6. The van der Waals surface area contributed by atoms with Crippen LogP contribution in [0.15, 0.2) is 0 Å². The van der Waals surface area contributed by atoms with E-state index in [0.29, 0.717) is 29.9 Å². The zero-order valence-electron chi connectivity index (χ0n) is 16.0. The van der Waals surface area contributed by atoms with Gasteiger partial charge in [-0.25, -0.2) is 5.43 Å². The van der Waals surface area contributed by atoms with Crippen LogP contribution < -0.4 is 21.5 Å². The summed E-state index contributed by atoms with van der Waals surface area (Å²) in [7, 11) is 0. The van der Waals surface area contributed by atoms with E-state index in [2.05, 4.69) is 21.5 Å². The topological polar surface area (TPSA) is 66.6 Å². The minimum Gasteiger partial charge on any atom is -0.377 e. The van der Waals surface area contributed by atoms with Crippen LogP contribution in [0, 0.1) is 17.8 Å². The fourth-order valence-corrected chi connectivity index (χ4v) is 5.58. The van der Waals surface area contributed by atoms with Crippen LogP contribution in [0.4, 0.5) is 8.78 Å². The Bertz CT molecular complexity index is 459. The zero-order valence-corrected chi connectivity index (χ0v) is 16.0. The maximum absolute atomic E-state index is 12.5. The Morgan fingerprint density at radius 1 is 1.04 bits per heavy atom. The van der Waals surface area contributed by atoms with Gasteiger partial charge >= 0.3 is 6.61 Å². The molecule has 3 aliphatic heterocycles. The van der Waals surface area contributed by atoms with Gasteiger partial charge in [-0.15, -0.1) is 0 Å². The molecule has 4 aliphatic rings. The summed E-state index contributed by atoms with van der Waals surface area (Å²) in [5.41, 5.74) is 7.12. The molecule has 0 aromatic rings. The molecule has 156 valence electrons. The molecule has 6 nitrogen and oxygen atoms in total. The van der Waals surface area contributed by atoms with Gasteiger partial charge in [0.2, 0.25) is 0 Å². The predicted octanol–water partition coefficient (Wildman–Crippen LogP) is 1.58. The van der Waals surface area contributed by atoms with Crippen molar-refractivity contribution >= 4 is 0 Å². The van der Waals surface area contributed by atoms with Crippen molar-refractivity contribution in [3.05, 3.63) is 0 Å². The van der Waals surface area contributed by atoms with E-state index in [-0.39, 0.29) is 12.3 Å². The summed E-state index contributed by atoms with van der Waals surface area (Å²) in [6, 6.07) is 0.408. The number of piperidine rings is 1. The summed E-state index contributed by atoms with van der Waals surface area (Å²) in [6.45, 7) is 1.20. The van der Waals surface area contributed by atoms with Crippen molar-refractivity contribution in [3.63, 3.8) is 0 Å². The van der Waals surface area contributed by atoms with Crippen LogP contribution in [0.3, 0.4) is 0 Å². The average molecular weight is 389 g/mol. The molecule has 3 heterocycles. The molecule has 0 amide bonds. The largest absolute Gasteiger partial charge is 0.377 e. The predicted molar refractivity (Wildman–Crippen MR) is 98.1 cm³/mol. The van der Waals surface area contributed by atoms with Gasteiger partial charge in [-0.05, 0) is 63.3 Å². The average Bonchev–Trinajstić information content (AvgIpc) is 3.20. The molecule has 0 spiro atoms. The summed E-state index contributed by atoms with van der Waals surface area (Å²) in [5, 5.41) is 7.22. The van der Waals surface area contributed by atoms with Gasteiger partial charge in [0.25, 0.3) is 0 Å². The Balaban J connectivity index is 1.31. The number of rotatable bonds is 6. The molecule has 0 radical (unpaired) electrons. The quantitative estimate of drug-likeness (QED) is 0.554. The molecule has 1 aliphatic carbocycles. The standard InChI is InChI=1S/C19H34F2N4O2/c20-19(21)27-13-5-3-12(4-6-13)17-15-7-8-22-11-16(15)18(25-24-17)23-10-14-2-1-9-26-14/h12-19,22-25H,1-11H2/t12?,13?,14-,15?,16?,17?,18?/m1/s1. The molecule has 0 aromatic carbocycles. The van der Waals surface area contributed by atoms with Crippen molar-refractivity contribution < 1.29 is 18.3 Å². The third kappa shape index (κ3) is 4.97. The minimum atomic E-state index is -2.65. The second-order valence-electron chi connectivity index (χ2n) is 8.59. The number of nitrogens with one attached hydrogen (secondary N) is 4. The number of halogens is 2. The Kier molecular flexibility index (Phi) is 6.94. The summed E-state index contributed by atoms with van der Waals surface area (Å²) in [5.74, 6) is 1.66. The third-order valence-electron chi connectivity index (χ3n) is 6.99.